The van der Waals surface area contributed by atoms with E-state index in [1.165, 1.54) is 0 Å². The SMILES string of the molecule is C[C@H]1CC[C@H](C(N)=O)CN1C(=O)Cc1ccccc1Cl. The number of benzene rings is 1. The summed E-state index contributed by atoms with van der Waals surface area (Å²) in [5.74, 6) is -0.564. The fourth-order valence-electron chi connectivity index (χ4n) is 2.59. The highest BCUT2D eigenvalue weighted by Gasteiger charge is 2.31. The van der Waals surface area contributed by atoms with Crippen LogP contribution in [0.5, 0.6) is 0 Å². The van der Waals surface area contributed by atoms with Crippen LogP contribution in [-0.2, 0) is 16.0 Å². The Labute approximate surface area is 123 Å². The van der Waals surface area contributed by atoms with Crippen molar-refractivity contribution in [1.29, 1.82) is 0 Å². The summed E-state index contributed by atoms with van der Waals surface area (Å²) in [7, 11) is 0. The number of hydrogen-bond donors (Lipinski definition) is 1. The zero-order chi connectivity index (χ0) is 14.7. The van der Waals surface area contributed by atoms with E-state index in [1.807, 2.05) is 25.1 Å². The highest BCUT2D eigenvalue weighted by atomic mass is 35.5. The van der Waals surface area contributed by atoms with Crippen molar-refractivity contribution in [2.45, 2.75) is 32.2 Å². The quantitative estimate of drug-likeness (QED) is 0.926. The molecule has 1 aliphatic rings. The van der Waals surface area contributed by atoms with Crippen molar-refractivity contribution < 1.29 is 9.59 Å². The summed E-state index contributed by atoms with van der Waals surface area (Å²) in [6, 6.07) is 7.46. The molecule has 2 atom stereocenters. The minimum Gasteiger partial charge on any atom is -0.369 e. The third-order valence-electron chi connectivity index (χ3n) is 3.90. The third-order valence-corrected chi connectivity index (χ3v) is 4.27. The standard InChI is InChI=1S/C15H19ClN2O2/c1-10-6-7-12(15(17)20)9-18(10)14(19)8-11-4-2-3-5-13(11)16/h2-5,10,12H,6-9H2,1H3,(H2,17,20)/t10-,12-/m0/s1. The van der Waals surface area contributed by atoms with E-state index in [0.717, 1.165) is 18.4 Å². The molecule has 1 heterocycles. The van der Waals surface area contributed by atoms with Gasteiger partial charge in [0.15, 0.2) is 0 Å². The Bertz CT molecular complexity index is 518. The van der Waals surface area contributed by atoms with Gasteiger partial charge in [-0.3, -0.25) is 9.59 Å². The van der Waals surface area contributed by atoms with Crippen LogP contribution in [0.25, 0.3) is 0 Å². The molecule has 0 radical (unpaired) electrons. The van der Waals surface area contributed by atoms with Crippen LogP contribution in [0.15, 0.2) is 24.3 Å². The van der Waals surface area contributed by atoms with Crippen molar-refractivity contribution in [3.63, 3.8) is 0 Å². The van der Waals surface area contributed by atoms with Gasteiger partial charge >= 0.3 is 0 Å². The fraction of sp³-hybridized carbons (Fsp3) is 0.467. The number of halogens is 1. The predicted molar refractivity (Wildman–Crippen MR) is 78.2 cm³/mol. The van der Waals surface area contributed by atoms with Crippen molar-refractivity contribution in [3.05, 3.63) is 34.9 Å². The molecular formula is C15H19ClN2O2. The second-order valence-corrected chi connectivity index (χ2v) is 5.75. The van der Waals surface area contributed by atoms with E-state index in [9.17, 15) is 9.59 Å². The van der Waals surface area contributed by atoms with Crippen LogP contribution in [0.2, 0.25) is 5.02 Å². The average molecular weight is 295 g/mol. The van der Waals surface area contributed by atoms with E-state index >= 15 is 0 Å². The maximum absolute atomic E-state index is 12.4. The molecule has 1 fully saturated rings. The van der Waals surface area contributed by atoms with Crippen molar-refractivity contribution >= 4 is 23.4 Å². The van der Waals surface area contributed by atoms with Crippen LogP contribution in [0.3, 0.4) is 0 Å². The number of primary amides is 1. The van der Waals surface area contributed by atoms with Crippen LogP contribution < -0.4 is 5.73 Å². The van der Waals surface area contributed by atoms with E-state index in [4.69, 9.17) is 17.3 Å². The molecule has 0 bridgehead atoms. The topological polar surface area (TPSA) is 63.4 Å². The van der Waals surface area contributed by atoms with Gasteiger partial charge in [0.25, 0.3) is 0 Å². The molecule has 1 aromatic carbocycles. The van der Waals surface area contributed by atoms with Gasteiger partial charge < -0.3 is 10.6 Å². The number of piperidine rings is 1. The van der Waals surface area contributed by atoms with Gasteiger partial charge in [-0.05, 0) is 31.4 Å². The monoisotopic (exact) mass is 294 g/mol. The molecule has 2 N–H and O–H groups in total. The Morgan fingerprint density at radius 3 is 2.70 bits per heavy atom. The number of carbonyl (C=O) groups is 2. The lowest BCUT2D eigenvalue weighted by Gasteiger charge is -2.37. The zero-order valence-electron chi connectivity index (χ0n) is 11.5. The Hall–Kier alpha value is -1.55. The summed E-state index contributed by atoms with van der Waals surface area (Å²) < 4.78 is 0. The van der Waals surface area contributed by atoms with Crippen LogP contribution in [0.4, 0.5) is 0 Å². The normalized spacial score (nSPS) is 22.6. The first-order valence-electron chi connectivity index (χ1n) is 6.81. The summed E-state index contributed by atoms with van der Waals surface area (Å²) in [5, 5.41) is 0.594. The summed E-state index contributed by atoms with van der Waals surface area (Å²) in [6.45, 7) is 2.42. The Morgan fingerprint density at radius 2 is 2.05 bits per heavy atom. The minimum absolute atomic E-state index is 0.00319. The van der Waals surface area contributed by atoms with Crippen molar-refractivity contribution in [3.8, 4) is 0 Å². The lowest BCUT2D eigenvalue weighted by Crippen LogP contribution is -2.49. The molecule has 0 aromatic heterocycles. The zero-order valence-corrected chi connectivity index (χ0v) is 12.3. The van der Waals surface area contributed by atoms with E-state index in [2.05, 4.69) is 0 Å². The Morgan fingerprint density at radius 1 is 1.35 bits per heavy atom. The lowest BCUT2D eigenvalue weighted by atomic mass is 9.92. The van der Waals surface area contributed by atoms with Gasteiger partial charge in [-0.15, -0.1) is 0 Å². The number of nitrogens with two attached hydrogens (primary N) is 1. The molecule has 20 heavy (non-hydrogen) atoms. The highest BCUT2D eigenvalue weighted by molar-refractivity contribution is 6.31. The van der Waals surface area contributed by atoms with Gasteiger partial charge in [0.2, 0.25) is 11.8 Å². The second kappa shape index (κ2) is 6.27. The van der Waals surface area contributed by atoms with Crippen molar-refractivity contribution in [2.24, 2.45) is 11.7 Å². The molecule has 1 aromatic rings. The molecule has 1 saturated heterocycles. The molecule has 0 saturated carbocycles. The van der Waals surface area contributed by atoms with Crippen molar-refractivity contribution in [1.82, 2.24) is 4.90 Å². The Balaban J connectivity index is 2.07. The molecule has 0 aliphatic carbocycles. The smallest absolute Gasteiger partial charge is 0.227 e. The van der Waals surface area contributed by atoms with Crippen LogP contribution in [0, 0.1) is 5.92 Å². The van der Waals surface area contributed by atoms with E-state index < -0.39 is 0 Å². The molecule has 5 heteroatoms. The van der Waals surface area contributed by atoms with Crippen LogP contribution in [0.1, 0.15) is 25.3 Å². The van der Waals surface area contributed by atoms with Gasteiger partial charge in [-0.25, -0.2) is 0 Å². The van der Waals surface area contributed by atoms with E-state index in [1.54, 1.807) is 11.0 Å². The lowest BCUT2D eigenvalue weighted by molar-refractivity contribution is -0.136. The molecule has 0 unspecified atom stereocenters. The summed E-state index contributed by atoms with van der Waals surface area (Å²) >= 11 is 6.08. The second-order valence-electron chi connectivity index (χ2n) is 5.34. The molecule has 4 nitrogen and oxygen atoms in total. The molecule has 108 valence electrons. The van der Waals surface area contributed by atoms with Crippen molar-refractivity contribution in [2.75, 3.05) is 6.54 Å². The summed E-state index contributed by atoms with van der Waals surface area (Å²) in [5.41, 5.74) is 6.17. The molecule has 2 amide bonds. The third kappa shape index (κ3) is 3.31. The summed E-state index contributed by atoms with van der Waals surface area (Å²) in [4.78, 5) is 25.5. The molecule has 2 rings (SSSR count). The largest absolute Gasteiger partial charge is 0.369 e. The summed E-state index contributed by atoms with van der Waals surface area (Å²) in [6.07, 6.45) is 1.82. The van der Waals surface area contributed by atoms with E-state index in [-0.39, 0.29) is 30.2 Å². The van der Waals surface area contributed by atoms with Crippen LogP contribution >= 0.6 is 11.6 Å². The molecule has 1 aliphatic heterocycles. The fourth-order valence-corrected chi connectivity index (χ4v) is 2.80. The molecule has 0 spiro atoms. The highest BCUT2D eigenvalue weighted by Crippen LogP contribution is 2.23. The number of amides is 2. The predicted octanol–water partition coefficient (Wildman–Crippen LogP) is 1.99. The number of nitrogens with zero attached hydrogens (tertiary/aromatic N) is 1. The number of hydrogen-bond acceptors (Lipinski definition) is 2. The van der Waals surface area contributed by atoms with Gasteiger partial charge in [0.1, 0.15) is 0 Å². The average Bonchev–Trinajstić information content (AvgIpc) is 2.41. The minimum atomic E-state index is -0.326. The maximum atomic E-state index is 12.4. The first kappa shape index (κ1) is 14.9. The van der Waals surface area contributed by atoms with Gasteiger partial charge in [0.05, 0.1) is 12.3 Å². The van der Waals surface area contributed by atoms with Gasteiger partial charge in [0, 0.05) is 17.6 Å². The van der Waals surface area contributed by atoms with Gasteiger partial charge in [-0.2, -0.15) is 0 Å². The maximum Gasteiger partial charge on any atom is 0.227 e. The van der Waals surface area contributed by atoms with E-state index in [0.29, 0.717) is 11.6 Å². The first-order valence-corrected chi connectivity index (χ1v) is 7.19. The van der Waals surface area contributed by atoms with Crippen LogP contribution in [-0.4, -0.2) is 29.3 Å². The molecular weight excluding hydrogens is 276 g/mol. The first-order chi connectivity index (χ1) is 9.49. The number of rotatable bonds is 3. The van der Waals surface area contributed by atoms with Gasteiger partial charge in [-0.1, -0.05) is 29.8 Å². The number of carbonyl (C=O) groups excluding carboxylic acids is 2. The Kier molecular flexibility index (Phi) is 4.65. The number of likely N-dealkylation sites (tertiary alicyclic amines) is 1.